The van der Waals surface area contributed by atoms with Crippen molar-refractivity contribution in [3.8, 4) is 0 Å². The Bertz CT molecular complexity index is 554. The van der Waals surface area contributed by atoms with E-state index in [1.807, 2.05) is 18.2 Å². The highest BCUT2D eigenvalue weighted by atomic mass is 32.2. The monoisotopic (exact) mass is 351 g/mol. The Morgan fingerprint density at radius 2 is 1.83 bits per heavy atom. The van der Waals surface area contributed by atoms with E-state index in [1.54, 1.807) is 18.7 Å². The van der Waals surface area contributed by atoms with Crippen LogP contribution in [0.15, 0.2) is 35.2 Å². The van der Waals surface area contributed by atoms with Gasteiger partial charge in [0.2, 0.25) is 5.91 Å². The molecule has 5 heteroatoms. The molecule has 1 aromatic carbocycles. The molecule has 0 aliphatic carbocycles. The fraction of sp³-hybridized carbons (Fsp3) is 0.611. The molecule has 2 rings (SSSR count). The Balaban J connectivity index is 2.28. The summed E-state index contributed by atoms with van der Waals surface area (Å²) in [7, 11) is -1.91. The van der Waals surface area contributed by atoms with Crippen molar-refractivity contribution in [2.75, 3.05) is 0 Å². The van der Waals surface area contributed by atoms with E-state index in [0.717, 1.165) is 0 Å². The Morgan fingerprint density at radius 3 is 2.30 bits per heavy atom. The van der Waals surface area contributed by atoms with Crippen molar-refractivity contribution in [2.45, 2.75) is 68.6 Å². The summed E-state index contributed by atoms with van der Waals surface area (Å²) in [5.74, 6) is 0.153. The number of hydrogen-bond acceptors (Lipinski definition) is 3. The van der Waals surface area contributed by atoms with E-state index in [-0.39, 0.29) is 22.2 Å². The topological polar surface area (TPSA) is 40.5 Å². The molecule has 1 aliphatic rings. The lowest BCUT2D eigenvalue weighted by atomic mass is 9.95. The van der Waals surface area contributed by atoms with Crippen LogP contribution in [0.25, 0.3) is 0 Å². The van der Waals surface area contributed by atoms with Crippen molar-refractivity contribution in [3.05, 3.63) is 30.3 Å². The predicted molar refractivity (Wildman–Crippen MR) is 99.9 cm³/mol. The molecule has 1 fully saturated rings. The second-order valence-electron chi connectivity index (χ2n) is 8.03. The van der Waals surface area contributed by atoms with Crippen LogP contribution in [-0.2, 0) is 4.79 Å². The molecule has 128 valence electrons. The number of aliphatic hydroxyl groups excluding tert-OH is 1. The maximum Gasteiger partial charge on any atom is 0.221 e. The molecule has 0 saturated carbocycles. The molecule has 1 heterocycles. The normalized spacial score (nSPS) is 23.6. The number of aliphatic hydroxyl groups is 1. The van der Waals surface area contributed by atoms with Crippen molar-refractivity contribution < 1.29 is 9.90 Å². The van der Waals surface area contributed by atoms with Crippen LogP contribution in [0.5, 0.6) is 0 Å². The number of hydrogen-bond donors (Lipinski definition) is 1. The Hall–Kier alpha value is -0.783. The molecule has 0 aromatic heterocycles. The zero-order valence-electron chi connectivity index (χ0n) is 15.0. The van der Waals surface area contributed by atoms with Gasteiger partial charge in [-0.05, 0) is 30.5 Å². The minimum atomic E-state index is -1.91. The van der Waals surface area contributed by atoms with Gasteiger partial charge in [-0.2, -0.15) is 0 Å². The standard InChI is InChI=1S/C18H29NO2SSi/c1-13(20)12-15-16(21)19(23(5,6)18(2,3)4)17(15)22-14-10-8-7-9-11-14/h7-11,13,15,17,20H,12H2,1-6H3. The minimum absolute atomic E-state index is 0.0747. The van der Waals surface area contributed by atoms with Crippen molar-refractivity contribution >= 4 is 25.9 Å². The molecular weight excluding hydrogens is 322 g/mol. The number of rotatable bonds is 5. The van der Waals surface area contributed by atoms with Crippen molar-refractivity contribution in [1.29, 1.82) is 0 Å². The van der Waals surface area contributed by atoms with E-state index in [9.17, 15) is 9.90 Å². The van der Waals surface area contributed by atoms with E-state index in [0.29, 0.717) is 6.42 Å². The highest BCUT2D eigenvalue weighted by Gasteiger charge is 2.57. The summed E-state index contributed by atoms with van der Waals surface area (Å²) in [6.07, 6.45) is 0.110. The van der Waals surface area contributed by atoms with Gasteiger partial charge in [-0.15, -0.1) is 11.8 Å². The number of nitrogens with zero attached hydrogens (tertiary/aromatic N) is 1. The van der Waals surface area contributed by atoms with Crippen molar-refractivity contribution in [1.82, 2.24) is 4.57 Å². The number of amides is 1. The smallest absolute Gasteiger partial charge is 0.221 e. The highest BCUT2D eigenvalue weighted by Crippen LogP contribution is 2.50. The average molecular weight is 352 g/mol. The molecule has 0 radical (unpaired) electrons. The summed E-state index contributed by atoms with van der Waals surface area (Å²) in [4.78, 5) is 14.0. The van der Waals surface area contributed by atoms with Crippen LogP contribution in [0.4, 0.5) is 0 Å². The quantitative estimate of drug-likeness (QED) is 0.634. The fourth-order valence-corrected chi connectivity index (χ4v) is 7.24. The molecule has 3 atom stereocenters. The second-order valence-corrected chi connectivity index (χ2v) is 14.3. The highest BCUT2D eigenvalue weighted by molar-refractivity contribution is 8.00. The predicted octanol–water partition coefficient (Wildman–Crippen LogP) is 4.34. The molecule has 1 saturated heterocycles. The second kappa shape index (κ2) is 6.61. The first-order valence-electron chi connectivity index (χ1n) is 8.28. The lowest BCUT2D eigenvalue weighted by molar-refractivity contribution is -0.145. The molecule has 1 aliphatic heterocycles. The zero-order chi connectivity index (χ0) is 17.4. The Labute approximate surface area is 145 Å². The van der Waals surface area contributed by atoms with Gasteiger partial charge in [0.25, 0.3) is 0 Å². The largest absolute Gasteiger partial charge is 0.393 e. The van der Waals surface area contributed by atoms with Crippen LogP contribution in [0.2, 0.25) is 18.1 Å². The number of carbonyl (C=O) groups is 1. The number of benzene rings is 1. The van der Waals surface area contributed by atoms with E-state index in [2.05, 4.69) is 50.6 Å². The van der Waals surface area contributed by atoms with Gasteiger partial charge < -0.3 is 9.67 Å². The maximum atomic E-state index is 12.8. The van der Waals surface area contributed by atoms with E-state index in [4.69, 9.17) is 0 Å². The van der Waals surface area contributed by atoms with Gasteiger partial charge in [0.15, 0.2) is 8.24 Å². The lowest BCUT2D eigenvalue weighted by Crippen LogP contribution is -2.71. The van der Waals surface area contributed by atoms with Gasteiger partial charge >= 0.3 is 0 Å². The average Bonchev–Trinajstić information content (AvgIpc) is 2.44. The van der Waals surface area contributed by atoms with E-state index < -0.39 is 14.3 Å². The first kappa shape index (κ1) is 18.6. The van der Waals surface area contributed by atoms with Gasteiger partial charge in [-0.25, -0.2) is 0 Å². The molecule has 1 aromatic rings. The Kier molecular flexibility index (Phi) is 5.33. The van der Waals surface area contributed by atoms with Gasteiger partial charge in [0, 0.05) is 4.90 Å². The molecular formula is C18H29NO2SSi. The first-order chi connectivity index (χ1) is 10.6. The summed E-state index contributed by atoms with van der Waals surface area (Å²) in [6.45, 7) is 13.0. The van der Waals surface area contributed by atoms with Crippen molar-refractivity contribution in [3.63, 3.8) is 0 Å². The molecule has 23 heavy (non-hydrogen) atoms. The third-order valence-electron chi connectivity index (χ3n) is 5.19. The third kappa shape index (κ3) is 3.67. The van der Waals surface area contributed by atoms with Gasteiger partial charge in [0.05, 0.1) is 17.4 Å². The molecule has 1 N–H and O–H groups in total. The van der Waals surface area contributed by atoms with Crippen molar-refractivity contribution in [2.24, 2.45) is 5.92 Å². The van der Waals surface area contributed by atoms with Crippen LogP contribution < -0.4 is 0 Å². The first-order valence-corrected chi connectivity index (χ1v) is 12.1. The maximum absolute atomic E-state index is 12.8. The SMILES string of the molecule is CC(O)CC1C(=O)N([Si](C)(C)C(C)(C)C)C1Sc1ccccc1. The Morgan fingerprint density at radius 1 is 1.26 bits per heavy atom. The number of carbonyl (C=O) groups excluding carboxylic acids is 1. The summed E-state index contributed by atoms with van der Waals surface area (Å²) in [6, 6.07) is 10.3. The lowest BCUT2D eigenvalue weighted by Gasteiger charge is -2.58. The fourth-order valence-electron chi connectivity index (χ4n) is 2.84. The molecule has 1 amide bonds. The van der Waals surface area contributed by atoms with E-state index in [1.165, 1.54) is 4.90 Å². The summed E-state index contributed by atoms with van der Waals surface area (Å²) < 4.78 is 2.16. The molecule has 3 unspecified atom stereocenters. The van der Waals surface area contributed by atoms with Gasteiger partial charge in [-0.1, -0.05) is 52.1 Å². The number of β-lactam (4-membered cyclic amide) rings is 1. The summed E-state index contributed by atoms with van der Waals surface area (Å²) in [5, 5.41) is 10.0. The van der Waals surface area contributed by atoms with Gasteiger partial charge in [0.1, 0.15) is 0 Å². The van der Waals surface area contributed by atoms with Crippen LogP contribution in [0.3, 0.4) is 0 Å². The molecule has 0 spiro atoms. The molecule has 3 nitrogen and oxygen atoms in total. The molecule has 0 bridgehead atoms. The van der Waals surface area contributed by atoms with Crippen LogP contribution >= 0.6 is 11.8 Å². The number of thioether (sulfide) groups is 1. The third-order valence-corrected chi connectivity index (χ3v) is 12.1. The van der Waals surface area contributed by atoms with E-state index >= 15 is 0 Å². The van der Waals surface area contributed by atoms with Crippen LogP contribution in [0, 0.1) is 5.92 Å². The summed E-state index contributed by atoms with van der Waals surface area (Å²) >= 11 is 1.76. The van der Waals surface area contributed by atoms with Gasteiger partial charge in [-0.3, -0.25) is 4.79 Å². The van der Waals surface area contributed by atoms with Crippen LogP contribution in [0.1, 0.15) is 34.1 Å². The summed E-state index contributed by atoms with van der Waals surface area (Å²) in [5.41, 5.74) is 0. The zero-order valence-corrected chi connectivity index (χ0v) is 16.9. The minimum Gasteiger partial charge on any atom is -0.393 e. The van der Waals surface area contributed by atoms with Crippen LogP contribution in [-0.4, -0.2) is 35.3 Å².